The number of fused-ring (bicyclic) bond motifs is 2. The van der Waals surface area contributed by atoms with Gasteiger partial charge in [-0.1, -0.05) is 57.2 Å². The second-order valence-electron chi connectivity index (χ2n) is 12.2. The first-order chi connectivity index (χ1) is 17.4. The lowest BCUT2D eigenvalue weighted by Gasteiger charge is -2.28. The molecule has 0 saturated carbocycles. The van der Waals surface area contributed by atoms with E-state index in [1.807, 2.05) is 42.6 Å². The summed E-state index contributed by atoms with van der Waals surface area (Å²) in [5.74, 6) is -0.147. The van der Waals surface area contributed by atoms with Crippen LogP contribution >= 0.6 is 0 Å². The fourth-order valence-electron chi connectivity index (χ4n) is 5.23. The Morgan fingerprint density at radius 1 is 0.838 bits per heavy atom. The van der Waals surface area contributed by atoms with Crippen LogP contribution in [0.15, 0.2) is 60.9 Å². The van der Waals surface area contributed by atoms with Crippen LogP contribution in [0.25, 0.3) is 21.8 Å². The normalized spacial score (nSPS) is 14.1. The van der Waals surface area contributed by atoms with Crippen LogP contribution in [-0.2, 0) is 22.4 Å². The van der Waals surface area contributed by atoms with Crippen molar-refractivity contribution in [2.45, 2.75) is 71.9 Å². The van der Waals surface area contributed by atoms with Gasteiger partial charge < -0.3 is 21.0 Å². The molecule has 2 heterocycles. The Hall–Kier alpha value is -3.38. The summed E-state index contributed by atoms with van der Waals surface area (Å²) in [5, 5.41) is 5.24. The standard InChI is InChI=1S/C31H40N4O2/c1-30(2,3)17-20(14-21-18-33-25-12-8-6-10-23(21)25)15-28(36)27(35-29(37)31(4,5)32)16-22-19-34-26-13-9-7-11-24(22)26/h6-13,18-20,27,33-34H,14-17,32H2,1-5H3,(H,35,37)/t20-,27+/m0/s1. The van der Waals surface area contributed by atoms with E-state index in [1.165, 1.54) is 10.9 Å². The lowest BCUT2D eigenvalue weighted by molar-refractivity contribution is -0.130. The molecule has 0 aliphatic carbocycles. The van der Waals surface area contributed by atoms with Crippen LogP contribution in [0.5, 0.6) is 0 Å². The molecule has 1 amide bonds. The Morgan fingerprint density at radius 2 is 1.35 bits per heavy atom. The molecule has 4 aromatic rings. The third kappa shape index (κ3) is 6.69. The fraction of sp³-hybridized carbons (Fsp3) is 0.419. The van der Waals surface area contributed by atoms with Crippen LogP contribution in [0.2, 0.25) is 0 Å². The van der Waals surface area contributed by atoms with E-state index in [2.05, 4.69) is 54.4 Å². The van der Waals surface area contributed by atoms with E-state index in [0.29, 0.717) is 12.8 Å². The van der Waals surface area contributed by atoms with E-state index in [9.17, 15) is 9.59 Å². The van der Waals surface area contributed by atoms with E-state index < -0.39 is 11.6 Å². The Balaban J connectivity index is 1.60. The molecule has 2 aromatic heterocycles. The first-order valence-electron chi connectivity index (χ1n) is 13.1. The number of rotatable bonds is 10. The maximum atomic E-state index is 13.9. The average Bonchev–Trinajstić information content (AvgIpc) is 3.41. The van der Waals surface area contributed by atoms with E-state index >= 15 is 0 Å². The van der Waals surface area contributed by atoms with Gasteiger partial charge in [-0.3, -0.25) is 9.59 Å². The van der Waals surface area contributed by atoms with Crippen molar-refractivity contribution in [1.82, 2.24) is 15.3 Å². The largest absolute Gasteiger partial charge is 0.361 e. The highest BCUT2D eigenvalue weighted by atomic mass is 16.2. The lowest BCUT2D eigenvalue weighted by atomic mass is 9.78. The van der Waals surface area contributed by atoms with Gasteiger partial charge in [0.2, 0.25) is 5.91 Å². The van der Waals surface area contributed by atoms with Gasteiger partial charge in [-0.25, -0.2) is 0 Å². The van der Waals surface area contributed by atoms with E-state index in [-0.39, 0.29) is 23.0 Å². The van der Waals surface area contributed by atoms with Gasteiger partial charge in [0.15, 0.2) is 5.78 Å². The van der Waals surface area contributed by atoms with Crippen molar-refractivity contribution >= 4 is 33.5 Å². The van der Waals surface area contributed by atoms with Crippen molar-refractivity contribution in [1.29, 1.82) is 0 Å². The highest BCUT2D eigenvalue weighted by molar-refractivity contribution is 5.93. The predicted octanol–water partition coefficient (Wildman–Crippen LogP) is 5.67. The minimum Gasteiger partial charge on any atom is -0.361 e. The van der Waals surface area contributed by atoms with Crippen molar-refractivity contribution in [3.05, 3.63) is 72.1 Å². The minimum absolute atomic E-state index is 0.0389. The summed E-state index contributed by atoms with van der Waals surface area (Å²) < 4.78 is 0. The quantitative estimate of drug-likeness (QED) is 0.226. The number of Topliss-reactive ketones (excluding diaryl/α,β-unsaturated/α-hetero) is 1. The van der Waals surface area contributed by atoms with Crippen molar-refractivity contribution in [2.24, 2.45) is 17.1 Å². The maximum absolute atomic E-state index is 13.9. The Kier molecular flexibility index (Phi) is 7.60. The number of nitrogens with one attached hydrogen (secondary N) is 3. The van der Waals surface area contributed by atoms with Gasteiger partial charge in [0, 0.05) is 47.0 Å². The molecular weight excluding hydrogens is 460 g/mol. The van der Waals surface area contributed by atoms with Gasteiger partial charge in [-0.15, -0.1) is 0 Å². The molecule has 4 rings (SSSR count). The molecule has 0 spiro atoms. The number of ketones is 1. The monoisotopic (exact) mass is 500 g/mol. The summed E-state index contributed by atoms with van der Waals surface area (Å²) in [7, 11) is 0. The third-order valence-electron chi connectivity index (χ3n) is 6.95. The van der Waals surface area contributed by atoms with Crippen molar-refractivity contribution in [3.63, 3.8) is 0 Å². The summed E-state index contributed by atoms with van der Waals surface area (Å²) in [6, 6.07) is 15.6. The topological polar surface area (TPSA) is 104 Å². The number of aromatic amines is 2. The number of H-pyrrole nitrogens is 2. The van der Waals surface area contributed by atoms with Crippen LogP contribution in [0, 0.1) is 11.3 Å². The molecule has 2 aromatic carbocycles. The Morgan fingerprint density at radius 3 is 1.86 bits per heavy atom. The zero-order valence-electron chi connectivity index (χ0n) is 22.7. The smallest absolute Gasteiger partial charge is 0.240 e. The summed E-state index contributed by atoms with van der Waals surface area (Å²) in [6.07, 6.45) is 6.49. The number of hydrogen-bond donors (Lipinski definition) is 4. The molecule has 0 aliphatic heterocycles. The number of amides is 1. The van der Waals surface area contributed by atoms with Crippen molar-refractivity contribution in [2.75, 3.05) is 0 Å². The Bertz CT molecular complexity index is 1380. The van der Waals surface area contributed by atoms with Gasteiger partial charge >= 0.3 is 0 Å². The second kappa shape index (κ2) is 10.5. The highest BCUT2D eigenvalue weighted by Gasteiger charge is 2.31. The number of hydrogen-bond acceptors (Lipinski definition) is 3. The van der Waals surface area contributed by atoms with Gasteiger partial charge in [0.25, 0.3) is 0 Å². The second-order valence-corrected chi connectivity index (χ2v) is 12.2. The van der Waals surface area contributed by atoms with Crippen LogP contribution in [-0.4, -0.2) is 33.2 Å². The van der Waals surface area contributed by atoms with Gasteiger partial charge in [0.05, 0.1) is 11.6 Å². The molecule has 0 fully saturated rings. The van der Waals surface area contributed by atoms with Gasteiger partial charge in [-0.05, 0) is 61.3 Å². The molecular formula is C31H40N4O2. The van der Waals surface area contributed by atoms with Crippen LogP contribution < -0.4 is 11.1 Å². The number of carbonyl (C=O) groups excluding carboxylic acids is 2. The van der Waals surface area contributed by atoms with E-state index in [1.54, 1.807) is 13.8 Å². The first-order valence-corrected chi connectivity index (χ1v) is 13.1. The maximum Gasteiger partial charge on any atom is 0.240 e. The predicted molar refractivity (Wildman–Crippen MR) is 151 cm³/mol. The summed E-state index contributed by atoms with van der Waals surface area (Å²) in [5.41, 5.74) is 9.42. The molecule has 6 nitrogen and oxygen atoms in total. The molecule has 196 valence electrons. The molecule has 6 heteroatoms. The number of nitrogens with two attached hydrogens (primary N) is 1. The van der Waals surface area contributed by atoms with Gasteiger partial charge in [-0.2, -0.15) is 0 Å². The fourth-order valence-corrected chi connectivity index (χ4v) is 5.23. The van der Waals surface area contributed by atoms with E-state index in [0.717, 1.165) is 34.8 Å². The van der Waals surface area contributed by atoms with Crippen molar-refractivity contribution in [3.8, 4) is 0 Å². The molecule has 5 N–H and O–H groups in total. The van der Waals surface area contributed by atoms with Crippen molar-refractivity contribution < 1.29 is 9.59 Å². The highest BCUT2D eigenvalue weighted by Crippen LogP contribution is 2.32. The molecule has 0 bridgehead atoms. The van der Waals surface area contributed by atoms with Gasteiger partial charge in [0.1, 0.15) is 0 Å². The first kappa shape index (κ1) is 26.7. The average molecular weight is 501 g/mol. The van der Waals surface area contributed by atoms with Crippen LogP contribution in [0.1, 0.15) is 58.6 Å². The SMILES string of the molecule is CC(C)(C)C[C@H](CC(=O)[C@@H](Cc1c[nH]c2ccccc12)NC(=O)C(C)(C)N)Cc1c[nH]c2ccccc12. The van der Waals surface area contributed by atoms with E-state index in [4.69, 9.17) is 5.73 Å². The number of benzene rings is 2. The number of para-hydroxylation sites is 2. The lowest BCUT2D eigenvalue weighted by Crippen LogP contribution is -2.54. The van der Waals surface area contributed by atoms with Crippen LogP contribution in [0.3, 0.4) is 0 Å². The third-order valence-corrected chi connectivity index (χ3v) is 6.95. The molecule has 2 atom stereocenters. The zero-order chi connectivity index (χ0) is 26.8. The molecule has 0 saturated heterocycles. The van der Waals surface area contributed by atoms with Crippen LogP contribution in [0.4, 0.5) is 0 Å². The molecule has 37 heavy (non-hydrogen) atoms. The summed E-state index contributed by atoms with van der Waals surface area (Å²) >= 11 is 0. The summed E-state index contributed by atoms with van der Waals surface area (Å²) in [6.45, 7) is 9.95. The Labute approximate surface area is 219 Å². The minimum atomic E-state index is -1.08. The summed E-state index contributed by atoms with van der Waals surface area (Å²) in [4.78, 5) is 33.4. The zero-order valence-corrected chi connectivity index (χ0v) is 22.7. The number of carbonyl (C=O) groups is 2. The number of aromatic nitrogens is 2. The molecule has 0 aliphatic rings. The molecule has 0 unspecified atom stereocenters. The molecule has 0 radical (unpaired) electrons.